The van der Waals surface area contributed by atoms with E-state index in [4.69, 9.17) is 0 Å². The van der Waals surface area contributed by atoms with E-state index in [9.17, 15) is 9.18 Å². The van der Waals surface area contributed by atoms with Gasteiger partial charge in [0.25, 0.3) is 0 Å². The van der Waals surface area contributed by atoms with E-state index >= 15 is 0 Å². The number of nitrogens with zero attached hydrogens (tertiary/aromatic N) is 2. The number of halogens is 1. The van der Waals surface area contributed by atoms with Gasteiger partial charge in [-0.1, -0.05) is 84.9 Å². The van der Waals surface area contributed by atoms with E-state index in [2.05, 4.69) is 85.5 Å². The van der Waals surface area contributed by atoms with Crippen LogP contribution < -0.4 is 0 Å². The molecule has 0 spiro atoms. The number of benzene rings is 4. The van der Waals surface area contributed by atoms with Crippen molar-refractivity contribution in [2.24, 2.45) is 0 Å². The molecule has 40 heavy (non-hydrogen) atoms. The average Bonchev–Trinajstić information content (AvgIpc) is 3.40. The first-order valence-electron chi connectivity index (χ1n) is 14.4. The van der Waals surface area contributed by atoms with Crippen LogP contribution in [-0.4, -0.2) is 34.3 Å². The lowest BCUT2D eigenvalue weighted by Crippen LogP contribution is -2.53. The number of rotatable bonds is 6. The van der Waals surface area contributed by atoms with Crippen molar-refractivity contribution < 1.29 is 9.18 Å². The molecule has 0 aromatic heterocycles. The molecular weight excluding hydrogens is 495 g/mol. The molecule has 0 saturated carbocycles. The lowest BCUT2D eigenvalue weighted by Gasteiger charge is -2.44. The number of aryl methyl sites for hydroxylation is 2. The second-order valence-corrected chi connectivity index (χ2v) is 11.5. The maximum Gasteiger partial charge on any atom is 0.240 e. The largest absolute Gasteiger partial charge is 0.333 e. The molecule has 204 valence electrons. The zero-order valence-corrected chi connectivity index (χ0v) is 23.6. The first-order chi connectivity index (χ1) is 19.4. The van der Waals surface area contributed by atoms with Crippen LogP contribution in [0.3, 0.4) is 0 Å². The quantitative estimate of drug-likeness (QED) is 0.268. The average molecular weight is 533 g/mol. The molecule has 1 aliphatic heterocycles. The molecule has 0 saturated heterocycles. The minimum atomic E-state index is -0.368. The lowest BCUT2D eigenvalue weighted by atomic mass is 9.83. The Labute approximate surface area is 237 Å². The van der Waals surface area contributed by atoms with Gasteiger partial charge in [0.1, 0.15) is 5.82 Å². The second kappa shape index (κ2) is 11.0. The summed E-state index contributed by atoms with van der Waals surface area (Å²) in [4.78, 5) is 19.0. The van der Waals surface area contributed by atoms with Gasteiger partial charge in [-0.15, -0.1) is 0 Å². The molecule has 0 radical (unpaired) electrons. The van der Waals surface area contributed by atoms with Crippen molar-refractivity contribution >= 4 is 5.91 Å². The molecule has 3 nitrogen and oxygen atoms in total. The fourth-order valence-corrected chi connectivity index (χ4v) is 6.92. The summed E-state index contributed by atoms with van der Waals surface area (Å²) in [6.45, 7) is 7.45. The Kier molecular flexibility index (Phi) is 7.29. The third kappa shape index (κ3) is 4.86. The third-order valence-corrected chi connectivity index (χ3v) is 9.04. The Morgan fingerprint density at radius 1 is 0.850 bits per heavy atom. The highest BCUT2D eigenvalue weighted by atomic mass is 19.1. The van der Waals surface area contributed by atoms with E-state index in [-0.39, 0.29) is 36.4 Å². The fraction of sp³-hybridized carbons (Fsp3) is 0.306. The Balaban J connectivity index is 1.38. The van der Waals surface area contributed by atoms with E-state index in [1.807, 2.05) is 17.9 Å². The maximum atomic E-state index is 14.9. The first kappa shape index (κ1) is 26.5. The van der Waals surface area contributed by atoms with Gasteiger partial charge in [-0.3, -0.25) is 9.69 Å². The van der Waals surface area contributed by atoms with Crippen molar-refractivity contribution in [3.05, 3.63) is 141 Å². The van der Waals surface area contributed by atoms with Gasteiger partial charge in [0, 0.05) is 24.7 Å². The van der Waals surface area contributed by atoms with Crippen LogP contribution in [0, 0.1) is 19.7 Å². The molecule has 0 N–H and O–H groups in total. The van der Waals surface area contributed by atoms with Crippen molar-refractivity contribution in [2.45, 2.75) is 64.7 Å². The van der Waals surface area contributed by atoms with Crippen molar-refractivity contribution in [2.75, 3.05) is 6.54 Å². The molecule has 4 aromatic carbocycles. The Hall–Kier alpha value is -3.76. The molecule has 2 unspecified atom stereocenters. The summed E-state index contributed by atoms with van der Waals surface area (Å²) in [7, 11) is 0. The number of hydrogen-bond donors (Lipinski definition) is 0. The number of carbonyl (C=O) groups is 1. The van der Waals surface area contributed by atoms with E-state index in [0.29, 0.717) is 5.56 Å². The summed E-state index contributed by atoms with van der Waals surface area (Å²) in [6.07, 6.45) is 2.50. The molecule has 4 aromatic rings. The van der Waals surface area contributed by atoms with E-state index in [0.717, 1.165) is 25.8 Å². The molecule has 4 heteroatoms. The lowest BCUT2D eigenvalue weighted by molar-refractivity contribution is -0.140. The van der Waals surface area contributed by atoms with Crippen LogP contribution >= 0.6 is 0 Å². The summed E-state index contributed by atoms with van der Waals surface area (Å²) in [5.74, 6) is -0.194. The van der Waals surface area contributed by atoms with Crippen LogP contribution in [0.2, 0.25) is 0 Å². The molecule has 0 fully saturated rings. The Morgan fingerprint density at radius 3 is 2.12 bits per heavy atom. The van der Waals surface area contributed by atoms with Crippen molar-refractivity contribution in [1.82, 2.24) is 9.80 Å². The van der Waals surface area contributed by atoms with Crippen molar-refractivity contribution in [3.63, 3.8) is 0 Å². The smallest absolute Gasteiger partial charge is 0.240 e. The van der Waals surface area contributed by atoms with E-state index in [1.54, 1.807) is 12.1 Å². The van der Waals surface area contributed by atoms with Gasteiger partial charge in [-0.25, -0.2) is 4.39 Å². The maximum absolute atomic E-state index is 14.9. The predicted octanol–water partition coefficient (Wildman–Crippen LogP) is 6.97. The van der Waals surface area contributed by atoms with E-state index < -0.39 is 0 Å². The minimum Gasteiger partial charge on any atom is -0.333 e. The van der Waals surface area contributed by atoms with Gasteiger partial charge in [0.2, 0.25) is 5.91 Å². The molecule has 1 heterocycles. The third-order valence-electron chi connectivity index (χ3n) is 9.04. The topological polar surface area (TPSA) is 23.6 Å². The normalized spacial score (nSPS) is 17.8. The zero-order valence-electron chi connectivity index (χ0n) is 23.6. The van der Waals surface area contributed by atoms with Crippen LogP contribution in [0.15, 0.2) is 91.0 Å². The fourth-order valence-electron chi connectivity index (χ4n) is 6.92. The summed E-state index contributed by atoms with van der Waals surface area (Å²) in [5, 5.41) is 0. The highest BCUT2D eigenvalue weighted by Crippen LogP contribution is 2.40. The van der Waals surface area contributed by atoms with Crippen LogP contribution in [-0.2, 0) is 30.6 Å². The van der Waals surface area contributed by atoms with E-state index in [1.165, 1.54) is 45.0 Å². The highest BCUT2D eigenvalue weighted by molar-refractivity contribution is 5.82. The molecule has 0 bridgehead atoms. The molecule has 6 rings (SSSR count). The van der Waals surface area contributed by atoms with Gasteiger partial charge < -0.3 is 4.90 Å². The molecular formula is C36H37FN2O. The molecule has 2 aliphatic rings. The summed E-state index contributed by atoms with van der Waals surface area (Å²) < 4.78 is 14.9. The highest BCUT2D eigenvalue weighted by Gasteiger charge is 2.39. The monoisotopic (exact) mass is 532 g/mol. The van der Waals surface area contributed by atoms with Gasteiger partial charge in [-0.05, 0) is 85.0 Å². The molecule has 1 amide bonds. The summed E-state index contributed by atoms with van der Waals surface area (Å²) >= 11 is 0. The number of amides is 1. The van der Waals surface area contributed by atoms with Crippen molar-refractivity contribution in [1.29, 1.82) is 0 Å². The van der Waals surface area contributed by atoms with Crippen LogP contribution in [0.5, 0.6) is 0 Å². The second-order valence-electron chi connectivity index (χ2n) is 11.5. The van der Waals surface area contributed by atoms with Gasteiger partial charge >= 0.3 is 0 Å². The Bertz CT molecular complexity index is 1500. The van der Waals surface area contributed by atoms with Gasteiger partial charge in [0.05, 0.1) is 12.1 Å². The molecule has 2 atom stereocenters. The zero-order chi connectivity index (χ0) is 27.8. The minimum absolute atomic E-state index is 0.00248. The first-order valence-corrected chi connectivity index (χ1v) is 14.4. The summed E-state index contributed by atoms with van der Waals surface area (Å²) in [6, 6.07) is 30.0. The van der Waals surface area contributed by atoms with Gasteiger partial charge in [-0.2, -0.15) is 0 Å². The Morgan fingerprint density at radius 2 is 1.45 bits per heavy atom. The number of fused-ring (bicyclic) bond motifs is 2. The van der Waals surface area contributed by atoms with Crippen LogP contribution in [0.25, 0.3) is 0 Å². The SMILES string of the molecule is Cc1cccc(C)c1C1c2ccccc2CCN1C(C)C(=O)N(Cc1ccccc1F)C1Cc2ccccc2C1. The van der Waals surface area contributed by atoms with Crippen LogP contribution in [0.1, 0.15) is 57.5 Å². The number of carbonyl (C=O) groups excluding carboxylic acids is 1. The predicted molar refractivity (Wildman–Crippen MR) is 159 cm³/mol. The summed E-state index contributed by atoms with van der Waals surface area (Å²) in [5.41, 5.74) is 9.51. The standard InChI is InChI=1S/C36H37FN2O/c1-24-11-10-12-25(2)34(24)35-32-17-8-6-13-27(32)19-20-38(35)26(3)36(40)39(23-30-16-7-9-18-33(30)37)31-21-28-14-4-5-15-29(28)22-31/h4-18,26,31,35H,19-23H2,1-3H3. The number of hydrogen-bond acceptors (Lipinski definition) is 2. The van der Waals surface area contributed by atoms with Crippen molar-refractivity contribution in [3.8, 4) is 0 Å². The van der Waals surface area contributed by atoms with Crippen LogP contribution in [0.4, 0.5) is 4.39 Å². The van der Waals surface area contributed by atoms with Gasteiger partial charge in [0.15, 0.2) is 0 Å². The molecule has 1 aliphatic carbocycles.